The molecule has 1 aromatic rings. The van der Waals surface area contributed by atoms with Crippen LogP contribution in [0, 0.1) is 0 Å². The lowest BCUT2D eigenvalue weighted by Gasteiger charge is -2.08. The maximum Gasteiger partial charge on any atom is 0.345 e. The fourth-order valence-corrected chi connectivity index (χ4v) is 2.87. The first-order valence-corrected chi connectivity index (χ1v) is 6.87. The van der Waals surface area contributed by atoms with Gasteiger partial charge in [-0.15, -0.1) is 0 Å². The molecule has 3 nitrogen and oxygen atoms in total. The molecule has 0 atom stereocenters. The number of carbonyl (C=O) groups excluding carboxylic acids is 1. The molecule has 0 bridgehead atoms. The largest absolute Gasteiger partial charge is 0.403 e. The van der Waals surface area contributed by atoms with Gasteiger partial charge < -0.3 is 4.74 Å². The molecule has 4 heteroatoms. The first kappa shape index (κ1) is 11.5. The van der Waals surface area contributed by atoms with Gasteiger partial charge >= 0.3 is 5.97 Å². The van der Waals surface area contributed by atoms with Gasteiger partial charge in [0.15, 0.2) is 0 Å². The summed E-state index contributed by atoms with van der Waals surface area (Å²) in [4.78, 5) is 12.9. The van der Waals surface area contributed by atoms with Crippen molar-refractivity contribution in [1.82, 2.24) is 0 Å². The highest BCUT2D eigenvalue weighted by atomic mass is 32.2. The van der Waals surface area contributed by atoms with Gasteiger partial charge in [-0.1, -0.05) is 18.2 Å². The summed E-state index contributed by atoms with van der Waals surface area (Å²) in [6, 6.07) is 7.36. The van der Waals surface area contributed by atoms with E-state index in [0.29, 0.717) is 11.5 Å². The Labute approximate surface area is 110 Å². The van der Waals surface area contributed by atoms with Gasteiger partial charge in [0.05, 0.1) is 11.1 Å². The van der Waals surface area contributed by atoms with Crippen LogP contribution in [0.15, 0.2) is 39.6 Å². The SMILES string of the molecule is O=C1O/C(=N\SC2=CCCCC2)c2ccccc21. The van der Waals surface area contributed by atoms with Crippen LogP contribution < -0.4 is 0 Å². The number of rotatable bonds is 2. The van der Waals surface area contributed by atoms with Crippen LogP contribution in [0.1, 0.15) is 41.6 Å². The monoisotopic (exact) mass is 259 g/mol. The molecule has 0 saturated carbocycles. The fraction of sp³-hybridized carbons (Fsp3) is 0.286. The molecule has 0 fully saturated rings. The van der Waals surface area contributed by atoms with Crippen LogP contribution in [0.3, 0.4) is 0 Å². The number of ether oxygens (including phenoxy) is 1. The molecule has 0 amide bonds. The van der Waals surface area contributed by atoms with Gasteiger partial charge in [-0.25, -0.2) is 4.79 Å². The number of fused-ring (bicyclic) bond motifs is 1. The standard InChI is InChI=1S/C14H13NO2S/c16-14-12-9-5-4-8-11(12)13(17-14)15-18-10-6-2-1-3-7-10/h4-6,8-9H,1-3,7H2/b15-13-. The van der Waals surface area contributed by atoms with E-state index in [2.05, 4.69) is 10.5 Å². The minimum atomic E-state index is -0.303. The van der Waals surface area contributed by atoms with Crippen molar-refractivity contribution in [1.29, 1.82) is 0 Å². The molecular weight excluding hydrogens is 246 g/mol. The zero-order valence-corrected chi connectivity index (χ0v) is 10.7. The molecule has 0 spiro atoms. The van der Waals surface area contributed by atoms with Crippen molar-refractivity contribution in [2.45, 2.75) is 25.7 Å². The Morgan fingerprint density at radius 1 is 1.17 bits per heavy atom. The summed E-state index contributed by atoms with van der Waals surface area (Å²) >= 11 is 1.43. The van der Waals surface area contributed by atoms with Crippen LogP contribution in [0.25, 0.3) is 0 Å². The minimum Gasteiger partial charge on any atom is -0.403 e. The minimum absolute atomic E-state index is 0.303. The number of esters is 1. The van der Waals surface area contributed by atoms with Crippen molar-refractivity contribution in [2.75, 3.05) is 0 Å². The fourth-order valence-electron chi connectivity index (χ4n) is 2.10. The lowest BCUT2D eigenvalue weighted by atomic mass is 10.1. The van der Waals surface area contributed by atoms with E-state index in [1.807, 2.05) is 18.2 Å². The molecule has 1 heterocycles. The van der Waals surface area contributed by atoms with Crippen LogP contribution in [-0.2, 0) is 4.74 Å². The number of carbonyl (C=O) groups is 1. The van der Waals surface area contributed by atoms with E-state index < -0.39 is 0 Å². The summed E-state index contributed by atoms with van der Waals surface area (Å²) in [5.74, 6) is 0.134. The van der Waals surface area contributed by atoms with E-state index in [9.17, 15) is 4.79 Å². The predicted molar refractivity (Wildman–Crippen MR) is 72.5 cm³/mol. The molecule has 92 valence electrons. The van der Waals surface area contributed by atoms with E-state index in [1.165, 1.54) is 29.7 Å². The second kappa shape index (κ2) is 4.98. The summed E-state index contributed by atoms with van der Waals surface area (Å²) in [6.07, 6.45) is 6.92. The van der Waals surface area contributed by atoms with E-state index in [1.54, 1.807) is 6.07 Å². The molecule has 0 aromatic heterocycles. The van der Waals surface area contributed by atoms with Crippen molar-refractivity contribution in [3.05, 3.63) is 46.4 Å². The van der Waals surface area contributed by atoms with Crippen molar-refractivity contribution >= 4 is 23.8 Å². The molecule has 0 radical (unpaired) electrons. The van der Waals surface area contributed by atoms with Crippen molar-refractivity contribution in [2.24, 2.45) is 4.40 Å². The summed E-state index contributed by atoms with van der Waals surface area (Å²) < 4.78 is 9.55. The molecule has 0 N–H and O–H groups in total. The Balaban J connectivity index is 1.82. The summed E-state index contributed by atoms with van der Waals surface area (Å²) in [5.41, 5.74) is 1.40. The first-order chi connectivity index (χ1) is 8.84. The van der Waals surface area contributed by atoms with Crippen molar-refractivity contribution in [3.8, 4) is 0 Å². The van der Waals surface area contributed by atoms with Gasteiger partial charge in [-0.3, -0.25) is 0 Å². The Kier molecular flexibility index (Phi) is 3.19. The average molecular weight is 259 g/mol. The zero-order chi connectivity index (χ0) is 12.4. The average Bonchev–Trinajstić information content (AvgIpc) is 2.75. The molecule has 1 aromatic carbocycles. The summed E-state index contributed by atoms with van der Waals surface area (Å²) in [5, 5.41) is 0. The second-order valence-electron chi connectivity index (χ2n) is 4.34. The molecule has 2 aliphatic rings. The number of allylic oxidation sites excluding steroid dienone is 2. The highest BCUT2D eigenvalue weighted by Gasteiger charge is 2.27. The van der Waals surface area contributed by atoms with Crippen LogP contribution in [0.4, 0.5) is 0 Å². The van der Waals surface area contributed by atoms with E-state index in [-0.39, 0.29) is 5.97 Å². The molecule has 1 aliphatic heterocycles. The summed E-state index contributed by atoms with van der Waals surface area (Å²) in [6.45, 7) is 0. The topological polar surface area (TPSA) is 38.7 Å². The van der Waals surface area contributed by atoms with E-state index >= 15 is 0 Å². The second-order valence-corrected chi connectivity index (χ2v) is 5.23. The lowest BCUT2D eigenvalue weighted by molar-refractivity contribution is 0.0738. The quantitative estimate of drug-likeness (QED) is 0.600. The van der Waals surface area contributed by atoms with Crippen molar-refractivity contribution < 1.29 is 9.53 Å². The van der Waals surface area contributed by atoms with E-state index in [4.69, 9.17) is 4.74 Å². The Hall–Kier alpha value is -1.55. The molecule has 0 unspecified atom stereocenters. The lowest BCUT2D eigenvalue weighted by Crippen LogP contribution is -1.99. The van der Waals surface area contributed by atoms with Gasteiger partial charge in [-0.2, -0.15) is 4.40 Å². The first-order valence-electron chi connectivity index (χ1n) is 6.10. The normalized spacial score (nSPS) is 20.6. The smallest absolute Gasteiger partial charge is 0.345 e. The Morgan fingerprint density at radius 3 is 2.78 bits per heavy atom. The molecule has 1 aliphatic carbocycles. The summed E-state index contributed by atoms with van der Waals surface area (Å²) in [7, 11) is 0. The van der Waals surface area contributed by atoms with Crippen molar-refractivity contribution in [3.63, 3.8) is 0 Å². The van der Waals surface area contributed by atoms with Gasteiger partial charge in [-0.05, 0) is 37.8 Å². The number of hydrogen-bond acceptors (Lipinski definition) is 4. The maximum absolute atomic E-state index is 11.6. The molecule has 18 heavy (non-hydrogen) atoms. The van der Waals surface area contributed by atoms with Gasteiger partial charge in [0.25, 0.3) is 0 Å². The third kappa shape index (κ3) is 2.20. The molecular formula is C14H13NO2S. The highest BCUT2D eigenvalue weighted by Crippen LogP contribution is 2.30. The Morgan fingerprint density at radius 2 is 2.00 bits per heavy atom. The van der Waals surface area contributed by atoms with Crippen LogP contribution in [0.5, 0.6) is 0 Å². The van der Waals surface area contributed by atoms with Gasteiger partial charge in [0, 0.05) is 16.9 Å². The third-order valence-electron chi connectivity index (χ3n) is 3.06. The Bertz CT molecular complexity index is 548. The number of nitrogens with zero attached hydrogens (tertiary/aromatic N) is 1. The number of cyclic esters (lactones) is 1. The van der Waals surface area contributed by atoms with Gasteiger partial charge in [0.1, 0.15) is 0 Å². The zero-order valence-electron chi connectivity index (χ0n) is 9.89. The molecule has 0 saturated heterocycles. The van der Waals surface area contributed by atoms with Crippen LogP contribution >= 0.6 is 11.9 Å². The predicted octanol–water partition coefficient (Wildman–Crippen LogP) is 3.71. The van der Waals surface area contributed by atoms with Crippen LogP contribution in [-0.4, -0.2) is 11.9 Å². The highest BCUT2D eigenvalue weighted by molar-refractivity contribution is 8.02. The number of benzene rings is 1. The van der Waals surface area contributed by atoms with Gasteiger partial charge in [0.2, 0.25) is 5.90 Å². The maximum atomic E-state index is 11.6. The number of hydrogen-bond donors (Lipinski definition) is 0. The van der Waals surface area contributed by atoms with Crippen LogP contribution in [0.2, 0.25) is 0 Å². The third-order valence-corrected chi connectivity index (χ3v) is 3.92. The van der Waals surface area contributed by atoms with E-state index in [0.717, 1.165) is 18.4 Å². The molecule has 3 rings (SSSR count).